The molecule has 0 bridgehead atoms. The van der Waals surface area contributed by atoms with Crippen molar-refractivity contribution >= 4 is 53.0 Å². The summed E-state index contributed by atoms with van der Waals surface area (Å²) in [5.41, 5.74) is 6.54. The van der Waals surface area contributed by atoms with Gasteiger partial charge in [0.2, 0.25) is 0 Å². The highest BCUT2D eigenvalue weighted by atomic mass is 35.5. The third kappa shape index (κ3) is 5.04. The van der Waals surface area contributed by atoms with Gasteiger partial charge in [0.15, 0.2) is 5.13 Å². The van der Waals surface area contributed by atoms with Crippen LogP contribution in [0.15, 0.2) is 29.8 Å². The number of carbonyl (C=O) groups excluding carboxylic acids is 1. The molecular weight excluding hydrogens is 381 g/mol. The first-order chi connectivity index (χ1) is 11.0. The van der Waals surface area contributed by atoms with E-state index < -0.39 is 0 Å². The van der Waals surface area contributed by atoms with Gasteiger partial charge in [0.05, 0.1) is 0 Å². The maximum atomic E-state index is 12.6. The lowest BCUT2D eigenvalue weighted by Crippen LogP contribution is -2.54. The number of nitrogens with one attached hydrogen (secondary N) is 1. The van der Waals surface area contributed by atoms with Gasteiger partial charge in [0.1, 0.15) is 11.5 Å². The molecule has 0 radical (unpaired) electrons. The molecule has 6 nitrogen and oxygen atoms in total. The normalized spacial score (nSPS) is 18.7. The van der Waals surface area contributed by atoms with E-state index in [1.165, 1.54) is 11.3 Å². The number of hydrogen-bond donors (Lipinski definition) is 2. The topological polar surface area (TPSA) is 84.1 Å². The maximum absolute atomic E-state index is 12.6. The van der Waals surface area contributed by atoms with Gasteiger partial charge in [0.25, 0.3) is 5.91 Å². The summed E-state index contributed by atoms with van der Waals surface area (Å²) in [5.74, 6) is 0.682. The van der Waals surface area contributed by atoms with Crippen LogP contribution in [0.25, 0.3) is 0 Å². The van der Waals surface area contributed by atoms with Crippen molar-refractivity contribution in [3.8, 4) is 0 Å². The highest BCUT2D eigenvalue weighted by Crippen LogP contribution is 2.29. The van der Waals surface area contributed by atoms with Crippen molar-refractivity contribution in [3.63, 3.8) is 0 Å². The molecule has 3 heterocycles. The zero-order valence-corrected chi connectivity index (χ0v) is 16.6. The molecule has 0 aliphatic carbocycles. The van der Waals surface area contributed by atoms with E-state index in [0.717, 1.165) is 6.42 Å². The molecule has 138 valence electrons. The number of hydrogen-bond acceptors (Lipinski definition) is 6. The number of carbonyl (C=O) groups is 1. The number of amides is 1. The standard InChI is InChI=1S/C16H21N5OS.2ClH/c1-16(2)10-21(8-6-12(16)17)14(22)11-9-23-15(19-11)20-13-5-3-4-7-18-13;;/h3-5,7,9,12H,6,8,10,17H2,1-2H3,(H,18,19,20);2*1H. The van der Waals surface area contributed by atoms with Crippen molar-refractivity contribution < 1.29 is 4.79 Å². The Morgan fingerprint density at radius 1 is 1.40 bits per heavy atom. The van der Waals surface area contributed by atoms with E-state index in [2.05, 4.69) is 29.1 Å². The molecule has 3 N–H and O–H groups in total. The zero-order valence-electron chi connectivity index (χ0n) is 14.1. The Hall–Kier alpha value is -1.41. The fourth-order valence-corrected chi connectivity index (χ4v) is 3.38. The second kappa shape index (κ2) is 8.80. The molecule has 1 aliphatic heterocycles. The van der Waals surface area contributed by atoms with Crippen LogP contribution in [0.4, 0.5) is 10.9 Å². The van der Waals surface area contributed by atoms with Crippen LogP contribution in [-0.4, -0.2) is 39.9 Å². The van der Waals surface area contributed by atoms with Crippen molar-refractivity contribution in [2.75, 3.05) is 18.4 Å². The van der Waals surface area contributed by atoms with Crippen LogP contribution in [0.3, 0.4) is 0 Å². The second-order valence-electron chi connectivity index (χ2n) is 6.49. The number of rotatable bonds is 3. The van der Waals surface area contributed by atoms with E-state index >= 15 is 0 Å². The fourth-order valence-electron chi connectivity index (χ4n) is 2.68. The van der Waals surface area contributed by atoms with Gasteiger partial charge in [-0.3, -0.25) is 4.79 Å². The average Bonchev–Trinajstić information content (AvgIpc) is 2.98. The number of anilines is 2. The van der Waals surface area contributed by atoms with E-state index in [4.69, 9.17) is 5.73 Å². The number of nitrogens with two attached hydrogens (primary N) is 1. The average molecular weight is 404 g/mol. The molecule has 2 aromatic heterocycles. The number of likely N-dealkylation sites (tertiary alicyclic amines) is 1. The number of thiazole rings is 1. The summed E-state index contributed by atoms with van der Waals surface area (Å²) in [6.45, 7) is 5.55. The summed E-state index contributed by atoms with van der Waals surface area (Å²) >= 11 is 1.40. The Balaban J connectivity index is 0.00000156. The molecule has 0 saturated carbocycles. The molecule has 1 unspecified atom stereocenters. The van der Waals surface area contributed by atoms with E-state index in [1.807, 2.05) is 23.1 Å². The summed E-state index contributed by atoms with van der Waals surface area (Å²) < 4.78 is 0. The number of pyridine rings is 1. The molecule has 1 aliphatic rings. The lowest BCUT2D eigenvalue weighted by molar-refractivity contribution is 0.0528. The largest absolute Gasteiger partial charge is 0.337 e. The smallest absolute Gasteiger partial charge is 0.273 e. The Bertz CT molecular complexity index is 695. The van der Waals surface area contributed by atoms with Gasteiger partial charge in [-0.1, -0.05) is 19.9 Å². The Kier molecular flexibility index (Phi) is 7.62. The number of nitrogens with zero attached hydrogens (tertiary/aromatic N) is 3. The van der Waals surface area contributed by atoms with Gasteiger partial charge in [-0.25, -0.2) is 9.97 Å². The van der Waals surface area contributed by atoms with Gasteiger partial charge in [0, 0.05) is 30.7 Å². The fraction of sp³-hybridized carbons (Fsp3) is 0.438. The third-order valence-electron chi connectivity index (χ3n) is 4.22. The zero-order chi connectivity index (χ0) is 16.4. The Morgan fingerprint density at radius 3 is 2.80 bits per heavy atom. The van der Waals surface area contributed by atoms with Crippen LogP contribution >= 0.6 is 36.2 Å². The summed E-state index contributed by atoms with van der Waals surface area (Å²) in [6.07, 6.45) is 2.53. The van der Waals surface area contributed by atoms with Crippen molar-refractivity contribution in [1.82, 2.24) is 14.9 Å². The lowest BCUT2D eigenvalue weighted by atomic mass is 9.79. The number of halogens is 2. The molecule has 2 aromatic rings. The minimum atomic E-state index is -0.0705. The molecule has 0 aromatic carbocycles. The van der Waals surface area contributed by atoms with Gasteiger partial charge < -0.3 is 16.0 Å². The Morgan fingerprint density at radius 2 is 2.16 bits per heavy atom. The first-order valence-electron chi connectivity index (χ1n) is 7.64. The quantitative estimate of drug-likeness (QED) is 0.820. The summed E-state index contributed by atoms with van der Waals surface area (Å²) in [5, 5.41) is 5.56. The number of aromatic nitrogens is 2. The molecule has 9 heteroatoms. The molecule has 25 heavy (non-hydrogen) atoms. The van der Waals surface area contributed by atoms with Gasteiger partial charge in [-0.15, -0.1) is 36.2 Å². The monoisotopic (exact) mass is 403 g/mol. The van der Waals surface area contributed by atoms with Crippen molar-refractivity contribution in [3.05, 3.63) is 35.5 Å². The third-order valence-corrected chi connectivity index (χ3v) is 4.98. The van der Waals surface area contributed by atoms with Gasteiger partial charge >= 0.3 is 0 Å². The minimum absolute atomic E-state index is 0. The molecule has 0 spiro atoms. The predicted molar refractivity (Wildman–Crippen MR) is 106 cm³/mol. The summed E-state index contributed by atoms with van der Waals surface area (Å²) in [6, 6.07) is 5.74. The summed E-state index contributed by atoms with van der Waals surface area (Å²) in [4.78, 5) is 23.1. The minimum Gasteiger partial charge on any atom is -0.337 e. The van der Waals surface area contributed by atoms with Crippen molar-refractivity contribution in [2.24, 2.45) is 11.1 Å². The van der Waals surface area contributed by atoms with Crippen LogP contribution in [0.5, 0.6) is 0 Å². The lowest BCUT2D eigenvalue weighted by Gasteiger charge is -2.42. The SMILES string of the molecule is CC1(C)CN(C(=O)c2csc(Nc3ccccn3)n2)CCC1N.Cl.Cl. The van der Waals surface area contributed by atoms with Gasteiger partial charge in [-0.2, -0.15) is 0 Å². The molecule has 3 rings (SSSR count). The molecule has 1 amide bonds. The maximum Gasteiger partial charge on any atom is 0.273 e. The Labute approximate surface area is 164 Å². The van der Waals surface area contributed by atoms with Crippen molar-refractivity contribution in [1.29, 1.82) is 0 Å². The first-order valence-corrected chi connectivity index (χ1v) is 8.52. The molecule has 1 fully saturated rings. The predicted octanol–water partition coefficient (Wildman–Crippen LogP) is 3.32. The highest BCUT2D eigenvalue weighted by Gasteiger charge is 2.36. The van der Waals surface area contributed by atoms with Crippen molar-refractivity contribution in [2.45, 2.75) is 26.3 Å². The first kappa shape index (κ1) is 21.6. The van der Waals surface area contributed by atoms with Crippen LogP contribution in [0, 0.1) is 5.41 Å². The number of piperidine rings is 1. The highest BCUT2D eigenvalue weighted by molar-refractivity contribution is 7.14. The summed E-state index contributed by atoms with van der Waals surface area (Å²) in [7, 11) is 0. The van der Waals surface area contributed by atoms with E-state index in [1.54, 1.807) is 11.6 Å². The molecule has 1 atom stereocenters. The van der Waals surface area contributed by atoms with Crippen LogP contribution in [0.1, 0.15) is 30.8 Å². The van der Waals surface area contributed by atoms with E-state index in [0.29, 0.717) is 29.7 Å². The van der Waals surface area contributed by atoms with Crippen LogP contribution in [0.2, 0.25) is 0 Å². The second-order valence-corrected chi connectivity index (χ2v) is 7.35. The molecular formula is C16H23Cl2N5OS. The van der Waals surface area contributed by atoms with Crippen LogP contribution in [-0.2, 0) is 0 Å². The molecule has 1 saturated heterocycles. The van der Waals surface area contributed by atoms with E-state index in [-0.39, 0.29) is 42.2 Å². The van der Waals surface area contributed by atoms with E-state index in [9.17, 15) is 4.79 Å². The van der Waals surface area contributed by atoms with Gasteiger partial charge in [-0.05, 0) is 24.0 Å². The van der Waals surface area contributed by atoms with Crippen LogP contribution < -0.4 is 11.1 Å².